The van der Waals surface area contributed by atoms with Crippen LogP contribution in [0.5, 0.6) is 5.75 Å². The Hall–Kier alpha value is -1.27. The summed E-state index contributed by atoms with van der Waals surface area (Å²) in [6, 6.07) is 6.28. The summed E-state index contributed by atoms with van der Waals surface area (Å²) in [5, 5.41) is 5.32. The quantitative estimate of drug-likeness (QED) is 0.480. The summed E-state index contributed by atoms with van der Waals surface area (Å²) >= 11 is 0. The first-order valence-corrected chi connectivity index (χ1v) is 12.4. The maximum absolute atomic E-state index is 12.5. The van der Waals surface area contributed by atoms with Crippen molar-refractivity contribution in [1.29, 1.82) is 0 Å². The third-order valence-electron chi connectivity index (χ3n) is 5.66. The highest BCUT2D eigenvalue weighted by Crippen LogP contribution is 2.40. The molecule has 0 saturated carbocycles. The Morgan fingerprint density at radius 1 is 1.33 bits per heavy atom. The predicted octanol–water partition coefficient (Wildman–Crippen LogP) is 5.38. The largest absolute Gasteiger partial charge is 0.497 e. The van der Waals surface area contributed by atoms with Crippen molar-refractivity contribution in [3.05, 3.63) is 29.5 Å². The normalized spacial score (nSPS) is 22.0. The van der Waals surface area contributed by atoms with Crippen LogP contribution in [0.2, 0.25) is 0 Å². The zero-order chi connectivity index (χ0) is 18.6. The molecule has 1 aromatic heterocycles. The molecule has 2 atom stereocenters. The first-order valence-electron chi connectivity index (χ1n) is 10.0. The van der Waals surface area contributed by atoms with Crippen LogP contribution in [-0.4, -0.2) is 29.0 Å². The lowest BCUT2D eigenvalue weighted by Crippen LogP contribution is -2.30. The molecule has 0 radical (unpaired) electrons. The summed E-state index contributed by atoms with van der Waals surface area (Å²) in [5.41, 5.74) is 3.67. The van der Waals surface area contributed by atoms with Gasteiger partial charge in [-0.2, -0.15) is 0 Å². The molecule has 1 aliphatic carbocycles. The van der Waals surface area contributed by atoms with Crippen LogP contribution in [0, 0.1) is 0 Å². The minimum Gasteiger partial charge on any atom is -0.497 e. The number of amides is 1. The monoisotopic (exact) mass is 404 g/mol. The van der Waals surface area contributed by atoms with E-state index in [9.17, 15) is 4.79 Å². The number of nitrogens with one attached hydrogen (secondary N) is 2. The average Bonchev–Trinajstić information content (AvgIpc) is 3.33. The van der Waals surface area contributed by atoms with Gasteiger partial charge in [0, 0.05) is 34.0 Å². The molecule has 1 aliphatic heterocycles. The van der Waals surface area contributed by atoms with E-state index in [0.29, 0.717) is 6.42 Å². The molecule has 2 heterocycles. The van der Waals surface area contributed by atoms with E-state index in [4.69, 9.17) is 4.74 Å². The molecule has 6 heteroatoms. The Bertz CT molecular complexity index is 799. The Labute approximate surface area is 169 Å². The van der Waals surface area contributed by atoms with Crippen LogP contribution in [0.3, 0.4) is 0 Å². The van der Waals surface area contributed by atoms with Crippen molar-refractivity contribution in [2.75, 3.05) is 12.9 Å². The Morgan fingerprint density at radius 2 is 2.26 bits per heavy atom. The number of carbonyl (C=O) groups is 1. The summed E-state index contributed by atoms with van der Waals surface area (Å²) in [7, 11) is 5.72. The Kier molecular flexibility index (Phi) is 6.23. The number of fused-ring (bicyclic) bond motifs is 3. The number of rotatable bonds is 7. The maximum Gasteiger partial charge on any atom is 0.220 e. The number of unbranched alkanes of at least 4 members (excludes halogenated alkanes) is 1. The van der Waals surface area contributed by atoms with Crippen molar-refractivity contribution in [3.63, 3.8) is 0 Å². The van der Waals surface area contributed by atoms with E-state index in [1.54, 1.807) is 7.11 Å². The minimum absolute atomic E-state index is 0.112. The molecule has 146 valence electrons. The standard InChI is InChI=1S/C21H28N2O2S2/c1-25-14-9-10-18-17(13-14)16-6-4-7-19(21(16)23-18)22-20(24)8-3-2-5-15-11-12-26-27-15/h9-10,13,15,19,23H,2-8,11-12H2,1H3,(H,22,24). The minimum atomic E-state index is 0.112. The number of methoxy groups -OCH3 is 1. The van der Waals surface area contributed by atoms with Crippen LogP contribution < -0.4 is 10.1 Å². The second kappa shape index (κ2) is 8.82. The Balaban J connectivity index is 1.35. The van der Waals surface area contributed by atoms with Gasteiger partial charge in [-0.15, -0.1) is 0 Å². The number of benzene rings is 1. The van der Waals surface area contributed by atoms with E-state index in [1.165, 1.54) is 35.2 Å². The van der Waals surface area contributed by atoms with Gasteiger partial charge in [0.25, 0.3) is 0 Å². The number of ether oxygens (including phenoxy) is 1. The predicted molar refractivity (Wildman–Crippen MR) is 116 cm³/mol. The van der Waals surface area contributed by atoms with Gasteiger partial charge in [0.15, 0.2) is 0 Å². The van der Waals surface area contributed by atoms with Crippen molar-refractivity contribution >= 4 is 38.4 Å². The number of aromatic nitrogens is 1. The van der Waals surface area contributed by atoms with E-state index in [1.807, 2.05) is 27.7 Å². The van der Waals surface area contributed by atoms with Crippen LogP contribution >= 0.6 is 21.6 Å². The molecule has 0 bridgehead atoms. The molecule has 1 amide bonds. The van der Waals surface area contributed by atoms with Crippen LogP contribution in [0.4, 0.5) is 0 Å². The topological polar surface area (TPSA) is 54.1 Å². The number of aryl methyl sites for hydroxylation is 1. The number of aromatic amines is 1. The highest BCUT2D eigenvalue weighted by atomic mass is 33.1. The van der Waals surface area contributed by atoms with Gasteiger partial charge in [-0.25, -0.2) is 0 Å². The van der Waals surface area contributed by atoms with Gasteiger partial charge in [-0.1, -0.05) is 28.0 Å². The molecule has 1 aromatic carbocycles. The van der Waals surface area contributed by atoms with E-state index in [2.05, 4.69) is 22.4 Å². The second-order valence-electron chi connectivity index (χ2n) is 7.52. The second-order valence-corrected chi connectivity index (χ2v) is 10.3. The van der Waals surface area contributed by atoms with Crippen LogP contribution in [-0.2, 0) is 11.2 Å². The van der Waals surface area contributed by atoms with E-state index in [-0.39, 0.29) is 11.9 Å². The summed E-state index contributed by atoms with van der Waals surface area (Å²) in [4.78, 5) is 16.0. The summed E-state index contributed by atoms with van der Waals surface area (Å²) in [6.45, 7) is 0. The lowest BCUT2D eigenvalue weighted by atomic mass is 9.91. The summed E-state index contributed by atoms with van der Waals surface area (Å²) in [5.74, 6) is 2.36. The summed E-state index contributed by atoms with van der Waals surface area (Å²) < 4.78 is 5.38. The van der Waals surface area contributed by atoms with Gasteiger partial charge in [-0.3, -0.25) is 4.79 Å². The molecule has 2 aromatic rings. The smallest absolute Gasteiger partial charge is 0.220 e. The fraction of sp³-hybridized carbons (Fsp3) is 0.571. The molecule has 2 N–H and O–H groups in total. The van der Waals surface area contributed by atoms with E-state index >= 15 is 0 Å². The molecule has 2 aliphatic rings. The molecule has 1 fully saturated rings. The van der Waals surface area contributed by atoms with E-state index in [0.717, 1.165) is 48.6 Å². The van der Waals surface area contributed by atoms with Crippen molar-refractivity contribution in [1.82, 2.24) is 10.3 Å². The first-order chi connectivity index (χ1) is 13.2. The number of hydrogen-bond donors (Lipinski definition) is 2. The fourth-order valence-corrected chi connectivity index (χ4v) is 7.23. The van der Waals surface area contributed by atoms with Crippen LogP contribution in [0.25, 0.3) is 10.9 Å². The number of carbonyl (C=O) groups excluding carboxylic acids is 1. The van der Waals surface area contributed by atoms with Crippen molar-refractivity contribution in [2.45, 2.75) is 62.7 Å². The van der Waals surface area contributed by atoms with E-state index < -0.39 is 0 Å². The zero-order valence-corrected chi connectivity index (χ0v) is 17.5. The number of hydrogen-bond acceptors (Lipinski definition) is 4. The highest BCUT2D eigenvalue weighted by molar-refractivity contribution is 8.77. The lowest BCUT2D eigenvalue weighted by Gasteiger charge is -2.24. The average molecular weight is 405 g/mol. The van der Waals surface area contributed by atoms with Crippen LogP contribution in [0.15, 0.2) is 18.2 Å². The zero-order valence-electron chi connectivity index (χ0n) is 15.9. The molecule has 27 heavy (non-hydrogen) atoms. The third kappa shape index (κ3) is 4.43. The SMILES string of the molecule is COc1ccc2[nH]c3c(c2c1)CCCC3NC(=O)CCCCC1CCSS1. The lowest BCUT2D eigenvalue weighted by molar-refractivity contribution is -0.122. The fourth-order valence-electron chi connectivity index (χ4n) is 4.20. The van der Waals surface area contributed by atoms with Crippen LogP contribution in [0.1, 0.15) is 62.2 Å². The molecule has 1 saturated heterocycles. The van der Waals surface area contributed by atoms with Crippen molar-refractivity contribution in [3.8, 4) is 5.75 Å². The first kappa shape index (κ1) is 19.1. The maximum atomic E-state index is 12.5. The van der Waals surface area contributed by atoms with Gasteiger partial charge in [0.05, 0.1) is 13.2 Å². The van der Waals surface area contributed by atoms with Gasteiger partial charge < -0.3 is 15.0 Å². The van der Waals surface area contributed by atoms with Crippen molar-refractivity contribution in [2.24, 2.45) is 0 Å². The molecular formula is C21H28N2O2S2. The van der Waals surface area contributed by atoms with Crippen molar-refractivity contribution < 1.29 is 9.53 Å². The van der Waals surface area contributed by atoms with Gasteiger partial charge in [-0.05, 0) is 62.3 Å². The molecule has 4 nitrogen and oxygen atoms in total. The molecule has 2 unspecified atom stereocenters. The summed E-state index contributed by atoms with van der Waals surface area (Å²) in [6.07, 6.45) is 8.57. The highest BCUT2D eigenvalue weighted by Gasteiger charge is 2.25. The number of H-pyrrole nitrogens is 1. The molecule has 4 rings (SSSR count). The van der Waals surface area contributed by atoms with Gasteiger partial charge >= 0.3 is 0 Å². The third-order valence-corrected chi connectivity index (χ3v) is 8.66. The molecule has 0 spiro atoms. The van der Waals surface area contributed by atoms with Gasteiger partial charge in [0.2, 0.25) is 5.91 Å². The molecular weight excluding hydrogens is 376 g/mol. The van der Waals surface area contributed by atoms with Gasteiger partial charge in [0.1, 0.15) is 5.75 Å². The Morgan fingerprint density at radius 3 is 3.07 bits per heavy atom.